The van der Waals surface area contributed by atoms with Gasteiger partial charge in [-0.25, -0.2) is 4.79 Å². The van der Waals surface area contributed by atoms with E-state index in [1.165, 1.54) is 19.1 Å². The number of aromatic nitrogens is 1. The van der Waals surface area contributed by atoms with E-state index in [0.717, 1.165) is 16.7 Å². The van der Waals surface area contributed by atoms with Crippen LogP contribution in [-0.2, 0) is 22.7 Å². The molecule has 0 saturated heterocycles. The first-order valence-electron chi connectivity index (χ1n) is 13.0. The molecular weight excluding hydrogens is 535 g/mol. The zero-order chi connectivity index (χ0) is 29.7. The van der Waals surface area contributed by atoms with E-state index in [1.54, 1.807) is 18.2 Å². The Bertz CT molecular complexity index is 1570. The molecule has 0 unspecified atom stereocenters. The molecule has 1 atom stereocenters. The third kappa shape index (κ3) is 7.43. The molecule has 3 aromatic carbocycles. The number of carboxylic acids is 1. The van der Waals surface area contributed by atoms with Crippen molar-refractivity contribution in [2.75, 3.05) is 6.61 Å². The van der Waals surface area contributed by atoms with Crippen LogP contribution in [0.2, 0.25) is 0 Å². The second-order valence-electron chi connectivity index (χ2n) is 9.78. The zero-order valence-corrected chi connectivity index (χ0v) is 22.9. The van der Waals surface area contributed by atoms with Crippen LogP contribution in [0, 0.1) is 13.8 Å². The van der Waals surface area contributed by atoms with Gasteiger partial charge in [-0.1, -0.05) is 66.2 Å². The second-order valence-corrected chi connectivity index (χ2v) is 9.78. The molecule has 0 bridgehead atoms. The fraction of sp³-hybridized carbons (Fsp3) is 0.250. The number of ketones is 1. The van der Waals surface area contributed by atoms with Gasteiger partial charge in [-0.15, -0.1) is 0 Å². The van der Waals surface area contributed by atoms with Crippen LogP contribution in [0.1, 0.15) is 45.2 Å². The minimum absolute atomic E-state index is 0.0573. The molecule has 1 N–H and O–H groups in total. The Hall–Kier alpha value is -4.37. The fourth-order valence-corrected chi connectivity index (χ4v) is 4.39. The predicted octanol–water partition coefficient (Wildman–Crippen LogP) is 7.13. The molecule has 0 aliphatic rings. The van der Waals surface area contributed by atoms with E-state index >= 15 is 0 Å². The van der Waals surface area contributed by atoms with Gasteiger partial charge in [0.1, 0.15) is 5.75 Å². The number of nitrogens with zero attached hydrogens (tertiary/aromatic N) is 1. The lowest BCUT2D eigenvalue weighted by Crippen LogP contribution is -2.19. The summed E-state index contributed by atoms with van der Waals surface area (Å²) >= 11 is 0. The lowest BCUT2D eigenvalue weighted by molar-refractivity contribution is -0.153. The van der Waals surface area contributed by atoms with Crippen LogP contribution in [0.5, 0.6) is 5.75 Å². The first-order chi connectivity index (χ1) is 19.4. The number of aryl methyl sites for hydroxylation is 1. The molecule has 0 aliphatic heterocycles. The highest BCUT2D eigenvalue weighted by Crippen LogP contribution is 2.32. The zero-order valence-electron chi connectivity index (χ0n) is 22.9. The summed E-state index contributed by atoms with van der Waals surface area (Å²) < 4.78 is 50.5. The Morgan fingerprint density at radius 2 is 1.68 bits per heavy atom. The molecule has 0 amide bonds. The summed E-state index contributed by atoms with van der Waals surface area (Å²) in [5, 5.41) is 9.57. The Labute approximate surface area is 235 Å². The van der Waals surface area contributed by atoms with Crippen LogP contribution in [0.15, 0.2) is 72.8 Å². The molecule has 0 radical (unpaired) electrons. The number of halogens is 3. The van der Waals surface area contributed by atoms with Crippen molar-refractivity contribution < 1.29 is 37.3 Å². The summed E-state index contributed by atoms with van der Waals surface area (Å²) in [7, 11) is 0. The van der Waals surface area contributed by atoms with E-state index in [4.69, 9.17) is 14.6 Å². The van der Waals surface area contributed by atoms with Crippen LogP contribution < -0.4 is 4.74 Å². The van der Waals surface area contributed by atoms with Crippen molar-refractivity contribution in [3.8, 4) is 5.75 Å². The molecule has 9 heteroatoms. The van der Waals surface area contributed by atoms with E-state index in [-0.39, 0.29) is 18.1 Å². The van der Waals surface area contributed by atoms with Gasteiger partial charge in [-0.05, 0) is 44.0 Å². The molecule has 41 heavy (non-hydrogen) atoms. The third-order valence-corrected chi connectivity index (χ3v) is 6.67. The minimum Gasteiger partial charge on any atom is -0.484 e. The molecule has 0 aliphatic carbocycles. The van der Waals surface area contributed by atoms with Crippen molar-refractivity contribution in [3.05, 3.63) is 106 Å². The van der Waals surface area contributed by atoms with Crippen LogP contribution in [-0.4, -0.2) is 40.3 Å². The number of fused-ring (bicyclic) bond motifs is 1. The molecular formula is C32H30F3NO5. The summed E-state index contributed by atoms with van der Waals surface area (Å²) in [5.41, 5.74) is 5.01. The Morgan fingerprint density at radius 1 is 1.00 bits per heavy atom. The number of alkyl halides is 3. The molecule has 0 spiro atoms. The summed E-state index contributed by atoms with van der Waals surface area (Å²) in [4.78, 5) is 24.5. The van der Waals surface area contributed by atoms with Gasteiger partial charge in [0.15, 0.2) is 18.5 Å². The number of hydrogen-bond acceptors (Lipinski definition) is 4. The van der Waals surface area contributed by atoms with Gasteiger partial charge in [-0.2, -0.15) is 13.2 Å². The van der Waals surface area contributed by atoms with Crippen LogP contribution in [0.3, 0.4) is 0 Å². The number of allylic oxidation sites excluding steroid dienone is 1. The molecule has 6 nitrogen and oxygen atoms in total. The number of aliphatic carboxylic acids is 1. The molecule has 1 aromatic heterocycles. The molecule has 4 rings (SSSR count). The minimum atomic E-state index is -4.47. The number of hydrogen-bond donors (Lipinski definition) is 1. The van der Waals surface area contributed by atoms with Gasteiger partial charge in [0, 0.05) is 29.3 Å². The van der Waals surface area contributed by atoms with Gasteiger partial charge < -0.3 is 19.1 Å². The number of rotatable bonds is 11. The maximum atomic E-state index is 13.6. The van der Waals surface area contributed by atoms with Crippen molar-refractivity contribution in [2.45, 2.75) is 46.2 Å². The predicted molar refractivity (Wildman–Crippen MR) is 150 cm³/mol. The second kappa shape index (κ2) is 12.4. The van der Waals surface area contributed by atoms with E-state index in [0.29, 0.717) is 34.3 Å². The van der Waals surface area contributed by atoms with Crippen molar-refractivity contribution in [3.63, 3.8) is 0 Å². The Balaban J connectivity index is 1.62. The van der Waals surface area contributed by atoms with Gasteiger partial charge in [0.2, 0.25) is 0 Å². The van der Waals surface area contributed by atoms with E-state index in [2.05, 4.69) is 0 Å². The fourth-order valence-electron chi connectivity index (χ4n) is 4.39. The highest BCUT2D eigenvalue weighted by atomic mass is 19.4. The normalized spacial score (nSPS) is 12.6. The molecule has 0 fully saturated rings. The standard InChI is InChI=1S/C32H30F3NO5/c1-20-6-12-25(13-7-20)30(37)29-21(2)36(28-17-26(14-15-27(28)29)41-19-32(33,34)35)16-4-5-23-8-10-24(11-9-23)18-40-22(3)31(38)39/h4-15,17,22H,16,18-19H2,1-3H3,(H,38,39)/b5-4+/t22-/m1/s1. The Morgan fingerprint density at radius 3 is 2.32 bits per heavy atom. The quantitative estimate of drug-likeness (QED) is 0.196. The van der Waals surface area contributed by atoms with Gasteiger partial charge >= 0.3 is 12.1 Å². The average molecular weight is 566 g/mol. The monoisotopic (exact) mass is 565 g/mol. The smallest absolute Gasteiger partial charge is 0.422 e. The molecule has 4 aromatic rings. The molecule has 1 heterocycles. The average Bonchev–Trinajstić information content (AvgIpc) is 3.21. The maximum Gasteiger partial charge on any atom is 0.422 e. The summed E-state index contributed by atoms with van der Waals surface area (Å²) in [5.74, 6) is -1.14. The SMILES string of the molecule is Cc1ccc(C(=O)c2c(C)n(C/C=C/c3ccc(CO[C@H](C)C(=O)O)cc3)c3cc(OCC(F)(F)F)ccc23)cc1. The number of carbonyl (C=O) groups excluding carboxylic acids is 1. The number of carboxylic acid groups (broad SMARTS) is 1. The highest BCUT2D eigenvalue weighted by molar-refractivity contribution is 6.17. The number of ether oxygens (including phenoxy) is 2. The van der Waals surface area contributed by atoms with E-state index in [1.807, 2.05) is 67.0 Å². The summed E-state index contributed by atoms with van der Waals surface area (Å²) in [6.07, 6.45) is -1.59. The molecule has 214 valence electrons. The van der Waals surface area contributed by atoms with Crippen LogP contribution in [0.4, 0.5) is 13.2 Å². The summed E-state index contributed by atoms with van der Waals surface area (Å²) in [6, 6.07) is 19.3. The summed E-state index contributed by atoms with van der Waals surface area (Å²) in [6.45, 7) is 4.33. The lowest BCUT2D eigenvalue weighted by Gasteiger charge is -2.10. The van der Waals surface area contributed by atoms with Crippen LogP contribution >= 0.6 is 0 Å². The number of carbonyl (C=O) groups is 2. The first kappa shape index (κ1) is 29.6. The van der Waals surface area contributed by atoms with E-state index < -0.39 is 24.9 Å². The van der Waals surface area contributed by atoms with Crippen molar-refractivity contribution >= 4 is 28.7 Å². The maximum absolute atomic E-state index is 13.6. The van der Waals surface area contributed by atoms with Gasteiger partial charge in [0.25, 0.3) is 0 Å². The molecule has 0 saturated carbocycles. The lowest BCUT2D eigenvalue weighted by atomic mass is 9.99. The van der Waals surface area contributed by atoms with Crippen molar-refractivity contribution in [1.29, 1.82) is 0 Å². The third-order valence-electron chi connectivity index (χ3n) is 6.67. The van der Waals surface area contributed by atoms with Gasteiger partial charge in [-0.3, -0.25) is 4.79 Å². The number of benzene rings is 3. The van der Waals surface area contributed by atoms with Gasteiger partial charge in [0.05, 0.1) is 17.7 Å². The van der Waals surface area contributed by atoms with Crippen molar-refractivity contribution in [2.24, 2.45) is 0 Å². The largest absolute Gasteiger partial charge is 0.484 e. The topological polar surface area (TPSA) is 77.8 Å². The first-order valence-corrected chi connectivity index (χ1v) is 13.0. The highest BCUT2D eigenvalue weighted by Gasteiger charge is 2.29. The van der Waals surface area contributed by atoms with Crippen molar-refractivity contribution in [1.82, 2.24) is 4.57 Å². The Kier molecular flexibility index (Phi) is 8.98. The van der Waals surface area contributed by atoms with E-state index in [9.17, 15) is 22.8 Å². The van der Waals surface area contributed by atoms with Crippen LogP contribution in [0.25, 0.3) is 17.0 Å².